The third-order valence-corrected chi connectivity index (χ3v) is 2.89. The molecule has 1 aromatic carbocycles. The van der Waals surface area contributed by atoms with Crippen molar-refractivity contribution in [3.8, 4) is 6.07 Å². The molecule has 0 heterocycles. The lowest BCUT2D eigenvalue weighted by atomic mass is 9.95. The van der Waals surface area contributed by atoms with Gasteiger partial charge in [-0.1, -0.05) is 17.7 Å². The second-order valence-electron chi connectivity index (χ2n) is 4.77. The highest BCUT2D eigenvalue weighted by atomic mass is 35.5. The summed E-state index contributed by atoms with van der Waals surface area (Å²) in [4.78, 5) is 0. The molecule has 1 unspecified atom stereocenters. The summed E-state index contributed by atoms with van der Waals surface area (Å²) >= 11 is 5.72. The van der Waals surface area contributed by atoms with Crippen LogP contribution in [-0.2, 0) is 0 Å². The molecule has 0 radical (unpaired) electrons. The van der Waals surface area contributed by atoms with Crippen molar-refractivity contribution < 1.29 is 4.39 Å². The van der Waals surface area contributed by atoms with Crippen LogP contribution in [0.15, 0.2) is 18.2 Å². The van der Waals surface area contributed by atoms with Crippen molar-refractivity contribution in [1.29, 1.82) is 5.26 Å². The molecule has 17 heavy (non-hydrogen) atoms. The van der Waals surface area contributed by atoms with Crippen molar-refractivity contribution >= 4 is 11.6 Å². The topological polar surface area (TPSA) is 35.8 Å². The Hall–Kier alpha value is -1.11. The first-order chi connectivity index (χ1) is 7.85. The predicted molar refractivity (Wildman–Crippen MR) is 67.2 cm³/mol. The normalized spacial score (nSPS) is 13.2. The number of halogens is 2. The molecular formula is C13H16ClFN2. The van der Waals surface area contributed by atoms with Crippen LogP contribution in [-0.4, -0.2) is 6.54 Å². The van der Waals surface area contributed by atoms with Crippen LogP contribution in [0.1, 0.15) is 32.4 Å². The second-order valence-corrected chi connectivity index (χ2v) is 5.18. The van der Waals surface area contributed by atoms with E-state index >= 15 is 0 Å². The highest BCUT2D eigenvalue weighted by molar-refractivity contribution is 6.30. The number of nitriles is 1. The summed E-state index contributed by atoms with van der Waals surface area (Å²) in [6, 6.07) is 6.90. The lowest BCUT2D eigenvalue weighted by molar-refractivity contribution is 0.415. The number of benzene rings is 1. The molecule has 0 aromatic heterocycles. The molecule has 1 rings (SSSR count). The predicted octanol–water partition coefficient (Wildman–Crippen LogP) is 3.68. The highest BCUT2D eigenvalue weighted by Gasteiger charge is 2.18. The van der Waals surface area contributed by atoms with Gasteiger partial charge in [0.25, 0.3) is 0 Å². The van der Waals surface area contributed by atoms with Gasteiger partial charge in [-0.15, -0.1) is 0 Å². The molecule has 0 aliphatic heterocycles. The van der Waals surface area contributed by atoms with Crippen LogP contribution in [0.3, 0.4) is 0 Å². The average Bonchev–Trinajstić information content (AvgIpc) is 2.30. The summed E-state index contributed by atoms with van der Waals surface area (Å²) in [5, 5.41) is 12.3. The summed E-state index contributed by atoms with van der Waals surface area (Å²) in [5.74, 6) is -0.417. The lowest BCUT2D eigenvalue weighted by Gasteiger charge is -2.20. The molecule has 0 amide bonds. The van der Waals surface area contributed by atoms with E-state index in [-0.39, 0.29) is 11.1 Å². The number of hydrogen-bond donors (Lipinski definition) is 1. The monoisotopic (exact) mass is 254 g/mol. The van der Waals surface area contributed by atoms with Gasteiger partial charge in [-0.25, -0.2) is 4.39 Å². The quantitative estimate of drug-likeness (QED) is 0.890. The molecule has 0 saturated heterocycles. The summed E-state index contributed by atoms with van der Waals surface area (Å²) < 4.78 is 13.0. The van der Waals surface area contributed by atoms with E-state index in [0.717, 1.165) is 5.56 Å². The minimum atomic E-state index is -0.419. The Morgan fingerprint density at radius 3 is 2.71 bits per heavy atom. The van der Waals surface area contributed by atoms with Crippen molar-refractivity contribution in [2.75, 3.05) is 6.54 Å². The van der Waals surface area contributed by atoms with Gasteiger partial charge in [-0.2, -0.15) is 5.26 Å². The first kappa shape index (κ1) is 14.0. The molecule has 0 aliphatic rings. The van der Waals surface area contributed by atoms with Gasteiger partial charge in [0.1, 0.15) is 5.82 Å². The summed E-state index contributed by atoms with van der Waals surface area (Å²) in [6.07, 6.45) is 0. The van der Waals surface area contributed by atoms with Crippen molar-refractivity contribution in [3.63, 3.8) is 0 Å². The fourth-order valence-electron chi connectivity index (χ4n) is 1.35. The Labute approximate surface area is 106 Å². The number of rotatable bonds is 4. The van der Waals surface area contributed by atoms with Crippen LogP contribution in [0.4, 0.5) is 4.39 Å². The van der Waals surface area contributed by atoms with Crippen LogP contribution in [0.5, 0.6) is 0 Å². The average molecular weight is 255 g/mol. The van der Waals surface area contributed by atoms with Gasteiger partial charge in [-0.3, -0.25) is 0 Å². The summed E-state index contributed by atoms with van der Waals surface area (Å²) in [7, 11) is 0. The van der Waals surface area contributed by atoms with E-state index < -0.39 is 11.2 Å². The third kappa shape index (κ3) is 3.99. The van der Waals surface area contributed by atoms with Crippen LogP contribution in [0.25, 0.3) is 0 Å². The van der Waals surface area contributed by atoms with Crippen LogP contribution < -0.4 is 5.32 Å². The Morgan fingerprint density at radius 1 is 1.53 bits per heavy atom. The maximum Gasteiger partial charge on any atom is 0.141 e. The minimum absolute atomic E-state index is 0.0284. The van der Waals surface area contributed by atoms with Crippen LogP contribution in [0.2, 0.25) is 5.02 Å². The zero-order chi connectivity index (χ0) is 13.1. The van der Waals surface area contributed by atoms with Gasteiger partial charge in [-0.05, 0) is 38.5 Å². The Morgan fingerprint density at radius 2 is 2.18 bits per heavy atom. The first-order valence-electron chi connectivity index (χ1n) is 5.45. The maximum atomic E-state index is 13.0. The molecule has 1 aromatic rings. The molecule has 0 bridgehead atoms. The third-order valence-electron chi connectivity index (χ3n) is 2.60. The summed E-state index contributed by atoms with van der Waals surface area (Å²) in [5.41, 5.74) is 0.489. The smallest absolute Gasteiger partial charge is 0.141 e. The molecule has 0 fully saturated rings. The van der Waals surface area contributed by atoms with Gasteiger partial charge >= 0.3 is 0 Å². The molecule has 1 N–H and O–H groups in total. The molecule has 0 spiro atoms. The first-order valence-corrected chi connectivity index (χ1v) is 5.83. The number of hydrogen-bond acceptors (Lipinski definition) is 2. The van der Waals surface area contributed by atoms with E-state index in [2.05, 4.69) is 11.4 Å². The van der Waals surface area contributed by atoms with E-state index in [1.807, 2.05) is 20.8 Å². The van der Waals surface area contributed by atoms with Gasteiger partial charge in [0.15, 0.2) is 0 Å². The van der Waals surface area contributed by atoms with Crippen LogP contribution in [0, 0.1) is 22.6 Å². The Bertz CT molecular complexity index is 438. The Kier molecular flexibility index (Phi) is 4.50. The highest BCUT2D eigenvalue weighted by Crippen LogP contribution is 2.21. The van der Waals surface area contributed by atoms with Crippen molar-refractivity contribution in [1.82, 2.24) is 5.32 Å². The fraction of sp³-hybridized carbons (Fsp3) is 0.462. The largest absolute Gasteiger partial charge is 0.309 e. The van der Waals surface area contributed by atoms with E-state index in [1.165, 1.54) is 6.07 Å². The van der Waals surface area contributed by atoms with E-state index in [9.17, 15) is 4.39 Å². The number of nitrogens with zero attached hydrogens (tertiary/aromatic N) is 1. The van der Waals surface area contributed by atoms with Gasteiger partial charge in [0.05, 0.1) is 16.5 Å². The van der Waals surface area contributed by atoms with E-state index in [4.69, 9.17) is 16.9 Å². The molecule has 0 saturated carbocycles. The Balaban J connectivity index is 2.68. The molecule has 4 heteroatoms. The SMILES string of the molecule is CC(NCC(C)(C)C#N)c1ccc(F)c(Cl)c1. The van der Waals surface area contributed by atoms with E-state index in [0.29, 0.717) is 6.54 Å². The van der Waals surface area contributed by atoms with Crippen molar-refractivity contribution in [2.24, 2.45) is 5.41 Å². The number of nitrogens with one attached hydrogen (secondary N) is 1. The van der Waals surface area contributed by atoms with Gasteiger partial charge in [0.2, 0.25) is 0 Å². The minimum Gasteiger partial charge on any atom is -0.309 e. The van der Waals surface area contributed by atoms with E-state index in [1.54, 1.807) is 12.1 Å². The summed E-state index contributed by atoms with van der Waals surface area (Å²) in [6.45, 7) is 6.26. The van der Waals surface area contributed by atoms with Gasteiger partial charge in [0, 0.05) is 12.6 Å². The molecule has 92 valence electrons. The maximum absolute atomic E-state index is 13.0. The zero-order valence-corrected chi connectivity index (χ0v) is 11.0. The molecule has 1 atom stereocenters. The van der Waals surface area contributed by atoms with Gasteiger partial charge < -0.3 is 5.32 Å². The second kappa shape index (κ2) is 5.48. The fourth-order valence-corrected chi connectivity index (χ4v) is 1.54. The molecule has 2 nitrogen and oxygen atoms in total. The van der Waals surface area contributed by atoms with Crippen LogP contribution >= 0.6 is 11.6 Å². The zero-order valence-electron chi connectivity index (χ0n) is 10.2. The molecular weight excluding hydrogens is 239 g/mol. The standard InChI is InChI=1S/C13H16ClFN2/c1-9(17-8-13(2,3)7-16)10-4-5-12(15)11(14)6-10/h4-6,9,17H,8H2,1-3H3. The lowest BCUT2D eigenvalue weighted by Crippen LogP contribution is -2.30. The molecule has 0 aliphatic carbocycles. The van der Waals surface area contributed by atoms with Crippen molar-refractivity contribution in [2.45, 2.75) is 26.8 Å². The van der Waals surface area contributed by atoms with Crippen molar-refractivity contribution in [3.05, 3.63) is 34.6 Å².